The smallest absolute Gasteiger partial charge is 0.255 e. The lowest BCUT2D eigenvalue weighted by molar-refractivity contribution is 0.102. The summed E-state index contributed by atoms with van der Waals surface area (Å²) in [4.78, 5) is 21.9. The third-order valence-corrected chi connectivity index (χ3v) is 6.30. The minimum Gasteiger partial charge on any atom is -0.322 e. The molecule has 0 aliphatic rings. The molecule has 4 aromatic heterocycles. The molecule has 0 saturated heterocycles. The molecule has 0 aliphatic carbocycles. The quantitative estimate of drug-likeness (QED) is 0.353. The number of nitrogens with zero attached hydrogens (tertiary/aromatic N) is 6. The molecule has 1 amide bonds. The number of aryl methyl sites for hydroxylation is 2. The van der Waals surface area contributed by atoms with Gasteiger partial charge >= 0.3 is 0 Å². The van der Waals surface area contributed by atoms with Crippen LogP contribution in [0.1, 0.15) is 53.6 Å². The fourth-order valence-corrected chi connectivity index (χ4v) is 4.27. The van der Waals surface area contributed by atoms with Gasteiger partial charge in [-0.1, -0.05) is 26.8 Å². The van der Waals surface area contributed by atoms with Crippen molar-refractivity contribution in [2.24, 2.45) is 0 Å². The van der Waals surface area contributed by atoms with Gasteiger partial charge in [0.15, 0.2) is 0 Å². The third kappa shape index (κ3) is 4.59. The number of nitrogens with one attached hydrogen (secondary N) is 1. The van der Waals surface area contributed by atoms with Gasteiger partial charge in [0.2, 0.25) is 0 Å². The maximum Gasteiger partial charge on any atom is 0.255 e. The molecule has 5 rings (SSSR count). The Bertz CT molecular complexity index is 1680. The van der Waals surface area contributed by atoms with Gasteiger partial charge in [-0.2, -0.15) is 10.4 Å². The predicted molar refractivity (Wildman–Crippen MR) is 143 cm³/mol. The second-order valence-electron chi connectivity index (χ2n) is 10.1. The highest BCUT2D eigenvalue weighted by Crippen LogP contribution is 2.28. The molecule has 0 fully saturated rings. The minimum atomic E-state index is -0.297. The van der Waals surface area contributed by atoms with Gasteiger partial charge in [0, 0.05) is 58.8 Å². The van der Waals surface area contributed by atoms with Gasteiger partial charge in [-0.05, 0) is 55.3 Å². The van der Waals surface area contributed by atoms with Crippen LogP contribution in [0.25, 0.3) is 22.6 Å². The van der Waals surface area contributed by atoms with Gasteiger partial charge in [0.25, 0.3) is 5.91 Å². The summed E-state index contributed by atoms with van der Waals surface area (Å²) in [6.45, 7) is 10.0. The first-order valence-corrected chi connectivity index (χ1v) is 12.0. The Labute approximate surface area is 215 Å². The molecule has 8 nitrogen and oxygen atoms in total. The minimum absolute atomic E-state index is 0.221. The number of pyridine rings is 2. The van der Waals surface area contributed by atoms with E-state index in [1.54, 1.807) is 18.5 Å². The Morgan fingerprint density at radius 1 is 1.05 bits per heavy atom. The Balaban J connectivity index is 1.52. The van der Waals surface area contributed by atoms with E-state index < -0.39 is 0 Å². The van der Waals surface area contributed by atoms with Crippen molar-refractivity contribution >= 4 is 17.2 Å². The van der Waals surface area contributed by atoms with Crippen LogP contribution >= 0.6 is 0 Å². The van der Waals surface area contributed by atoms with Gasteiger partial charge in [-0.3, -0.25) is 14.3 Å². The highest BCUT2D eigenvalue weighted by molar-refractivity contribution is 6.05. The van der Waals surface area contributed by atoms with E-state index in [4.69, 9.17) is 0 Å². The molecular weight excluding hydrogens is 462 g/mol. The van der Waals surface area contributed by atoms with Crippen LogP contribution in [0.2, 0.25) is 0 Å². The Morgan fingerprint density at radius 3 is 2.57 bits per heavy atom. The number of rotatable bonds is 4. The summed E-state index contributed by atoms with van der Waals surface area (Å²) < 4.78 is 3.88. The maximum atomic E-state index is 13.3. The van der Waals surface area contributed by atoms with E-state index in [1.807, 2.05) is 81.9 Å². The number of aromatic nitrogens is 5. The third-order valence-electron chi connectivity index (χ3n) is 6.30. The van der Waals surface area contributed by atoms with E-state index in [2.05, 4.69) is 31.0 Å². The monoisotopic (exact) mass is 489 g/mol. The molecule has 184 valence electrons. The Morgan fingerprint density at radius 2 is 1.86 bits per heavy atom. The van der Waals surface area contributed by atoms with Crippen LogP contribution in [-0.4, -0.2) is 30.1 Å². The van der Waals surface area contributed by atoms with Gasteiger partial charge < -0.3 is 5.32 Å². The van der Waals surface area contributed by atoms with E-state index in [0.29, 0.717) is 16.9 Å². The lowest BCUT2D eigenvalue weighted by Crippen LogP contribution is -2.19. The summed E-state index contributed by atoms with van der Waals surface area (Å²) in [7, 11) is 0. The van der Waals surface area contributed by atoms with Crippen molar-refractivity contribution in [1.82, 2.24) is 24.1 Å². The molecule has 1 aromatic carbocycles. The first kappa shape index (κ1) is 23.9. The lowest BCUT2D eigenvalue weighted by Gasteiger charge is -2.19. The first-order valence-electron chi connectivity index (χ1n) is 12.0. The topological polar surface area (TPSA) is 101 Å². The predicted octanol–water partition coefficient (Wildman–Crippen LogP) is 5.62. The van der Waals surface area contributed by atoms with E-state index in [1.165, 1.54) is 6.07 Å². The zero-order valence-corrected chi connectivity index (χ0v) is 21.4. The maximum absolute atomic E-state index is 13.3. The standard InChI is InChI=1S/C29H27N7O/c1-18-11-19(2)25(35-9-10-36-27(35)15-24(34-36)20-7-6-8-31-17-20)14-23(18)33-28(37)21-12-22(16-30)32-26(13-21)29(3,4)5/h6-15,17H,1-5H3,(H,33,37). The van der Waals surface area contributed by atoms with Crippen LogP contribution in [0.4, 0.5) is 5.69 Å². The number of nitriles is 1. The van der Waals surface area contributed by atoms with Crippen LogP contribution in [0, 0.1) is 25.2 Å². The van der Waals surface area contributed by atoms with E-state index >= 15 is 0 Å². The van der Waals surface area contributed by atoms with E-state index in [9.17, 15) is 10.1 Å². The first-order chi connectivity index (χ1) is 17.6. The molecule has 1 N–H and O–H groups in total. The number of fused-ring (bicyclic) bond motifs is 1. The zero-order chi connectivity index (χ0) is 26.3. The van der Waals surface area contributed by atoms with Gasteiger partial charge in [0.1, 0.15) is 17.4 Å². The molecule has 37 heavy (non-hydrogen) atoms. The molecule has 0 saturated carbocycles. The van der Waals surface area contributed by atoms with Crippen LogP contribution in [0.3, 0.4) is 0 Å². The fraction of sp³-hybridized carbons (Fsp3) is 0.207. The fourth-order valence-electron chi connectivity index (χ4n) is 4.27. The Kier molecular flexibility index (Phi) is 5.84. The molecule has 0 atom stereocenters. The molecule has 0 bridgehead atoms. The second kappa shape index (κ2) is 9.03. The van der Waals surface area contributed by atoms with Crippen molar-refractivity contribution in [3.63, 3.8) is 0 Å². The SMILES string of the molecule is Cc1cc(C)c(-n2ccn3nc(-c4cccnc4)cc23)cc1NC(=O)c1cc(C#N)nc(C(C)(C)C)c1. The number of imidazole rings is 1. The number of amides is 1. The summed E-state index contributed by atoms with van der Waals surface area (Å²) >= 11 is 0. The summed E-state index contributed by atoms with van der Waals surface area (Å²) in [5, 5.41) is 17.2. The average molecular weight is 490 g/mol. The molecule has 0 spiro atoms. The number of carbonyl (C=O) groups is 1. The lowest BCUT2D eigenvalue weighted by atomic mass is 9.90. The van der Waals surface area contributed by atoms with Crippen molar-refractivity contribution in [2.45, 2.75) is 40.0 Å². The normalized spacial score (nSPS) is 11.5. The highest BCUT2D eigenvalue weighted by Gasteiger charge is 2.20. The van der Waals surface area contributed by atoms with Crippen LogP contribution < -0.4 is 5.32 Å². The largest absolute Gasteiger partial charge is 0.322 e. The van der Waals surface area contributed by atoms with Crippen LogP contribution in [-0.2, 0) is 5.41 Å². The van der Waals surface area contributed by atoms with Crippen molar-refractivity contribution in [1.29, 1.82) is 5.26 Å². The highest BCUT2D eigenvalue weighted by atomic mass is 16.1. The van der Waals surface area contributed by atoms with Gasteiger partial charge in [-0.15, -0.1) is 0 Å². The van der Waals surface area contributed by atoms with Crippen molar-refractivity contribution in [3.05, 3.63) is 95.3 Å². The molecular formula is C29H27N7O. The van der Waals surface area contributed by atoms with E-state index in [-0.39, 0.29) is 17.0 Å². The van der Waals surface area contributed by atoms with Gasteiger partial charge in [-0.25, -0.2) is 9.50 Å². The molecule has 8 heteroatoms. The summed E-state index contributed by atoms with van der Waals surface area (Å²) in [6, 6.07) is 15.2. The van der Waals surface area contributed by atoms with Crippen LogP contribution in [0.15, 0.2) is 67.3 Å². The van der Waals surface area contributed by atoms with Gasteiger partial charge in [0.05, 0.1) is 11.4 Å². The molecule has 4 heterocycles. The second-order valence-corrected chi connectivity index (χ2v) is 10.1. The number of hydrogen-bond acceptors (Lipinski definition) is 5. The molecule has 0 radical (unpaired) electrons. The number of benzene rings is 1. The molecule has 0 unspecified atom stereocenters. The summed E-state index contributed by atoms with van der Waals surface area (Å²) in [5.41, 5.74) is 7.30. The zero-order valence-electron chi connectivity index (χ0n) is 21.4. The Hall–Kier alpha value is -4.77. The van der Waals surface area contributed by atoms with Crippen LogP contribution in [0.5, 0.6) is 0 Å². The van der Waals surface area contributed by atoms with Crippen molar-refractivity contribution < 1.29 is 4.79 Å². The van der Waals surface area contributed by atoms with Crippen molar-refractivity contribution in [2.75, 3.05) is 5.32 Å². The number of hydrogen-bond donors (Lipinski definition) is 1. The van der Waals surface area contributed by atoms with Crippen molar-refractivity contribution in [3.8, 4) is 23.0 Å². The summed E-state index contributed by atoms with van der Waals surface area (Å²) in [6.07, 6.45) is 7.39. The molecule has 0 aliphatic heterocycles. The average Bonchev–Trinajstić information content (AvgIpc) is 3.47. The number of carbonyl (C=O) groups excluding carboxylic acids is 1. The van der Waals surface area contributed by atoms with E-state index in [0.717, 1.165) is 33.7 Å². The molecule has 5 aromatic rings. The summed E-state index contributed by atoms with van der Waals surface area (Å²) in [5.74, 6) is -0.289. The number of anilines is 1.